The Balaban J connectivity index is 1.29. The quantitative estimate of drug-likeness (QED) is 0.393. The smallest absolute Gasteiger partial charge is 0.132 e. The molecule has 0 saturated carbocycles. The molecule has 1 saturated heterocycles. The summed E-state index contributed by atoms with van der Waals surface area (Å²) in [4.78, 5) is 11.4. The van der Waals surface area contributed by atoms with Crippen molar-refractivity contribution in [1.29, 1.82) is 0 Å². The summed E-state index contributed by atoms with van der Waals surface area (Å²) in [5, 5.41) is 2.31. The number of hydrogen-bond donors (Lipinski definition) is 1. The number of benzene rings is 2. The van der Waals surface area contributed by atoms with E-state index in [4.69, 9.17) is 10.7 Å². The standard InChI is InChI=1S/C28H27N5/c1-32-18-25(23-4-2-3-5-27(23)32)24-16-21-6-7-22(17-26(21)31-28(24)29)33-14-10-20(11-15-33)19-8-12-30-13-9-19/h2-9,12-13,16-18,20H,10-11,14-15H2,1H3,(H2,29,31). The number of rotatable bonds is 3. The first-order chi connectivity index (χ1) is 16.2. The number of piperidine rings is 1. The van der Waals surface area contributed by atoms with Gasteiger partial charge >= 0.3 is 0 Å². The SMILES string of the molecule is Cn1cc(-c2cc3ccc(N4CCC(c5ccncc5)CC4)cc3nc2N)c2ccccc21. The maximum absolute atomic E-state index is 6.49. The number of pyridine rings is 2. The van der Waals surface area contributed by atoms with Crippen molar-refractivity contribution in [3.8, 4) is 11.1 Å². The van der Waals surface area contributed by atoms with Gasteiger partial charge in [-0.1, -0.05) is 24.3 Å². The lowest BCUT2D eigenvalue weighted by Gasteiger charge is -2.34. The number of anilines is 2. The normalized spacial score (nSPS) is 14.9. The number of nitrogen functional groups attached to an aromatic ring is 1. The molecule has 1 aliphatic rings. The fourth-order valence-electron chi connectivity index (χ4n) is 5.25. The molecule has 6 rings (SSSR count). The second-order valence-electron chi connectivity index (χ2n) is 9.01. The average molecular weight is 434 g/mol. The Morgan fingerprint density at radius 2 is 1.70 bits per heavy atom. The highest BCUT2D eigenvalue weighted by atomic mass is 15.1. The zero-order valence-corrected chi connectivity index (χ0v) is 18.8. The summed E-state index contributed by atoms with van der Waals surface area (Å²) in [6.07, 6.45) is 8.24. The van der Waals surface area contributed by atoms with Crippen molar-refractivity contribution < 1.29 is 0 Å². The molecule has 5 heteroatoms. The Labute approximate surface area is 193 Å². The lowest BCUT2D eigenvalue weighted by Crippen LogP contribution is -2.32. The number of nitrogens with zero attached hydrogens (tertiary/aromatic N) is 4. The van der Waals surface area contributed by atoms with E-state index in [-0.39, 0.29) is 0 Å². The van der Waals surface area contributed by atoms with E-state index in [1.165, 1.54) is 22.2 Å². The molecule has 2 N–H and O–H groups in total. The second-order valence-corrected chi connectivity index (χ2v) is 9.01. The minimum absolute atomic E-state index is 0.576. The molecular weight excluding hydrogens is 406 g/mol. The molecule has 3 aromatic heterocycles. The molecule has 0 unspecified atom stereocenters. The van der Waals surface area contributed by atoms with E-state index in [2.05, 4.69) is 88.4 Å². The van der Waals surface area contributed by atoms with Crippen LogP contribution in [-0.2, 0) is 7.05 Å². The highest BCUT2D eigenvalue weighted by Crippen LogP contribution is 2.36. The van der Waals surface area contributed by atoms with E-state index in [0.29, 0.717) is 11.7 Å². The van der Waals surface area contributed by atoms with Crippen LogP contribution in [0.4, 0.5) is 11.5 Å². The van der Waals surface area contributed by atoms with Crippen LogP contribution in [0.3, 0.4) is 0 Å². The monoisotopic (exact) mass is 433 g/mol. The highest BCUT2D eigenvalue weighted by Gasteiger charge is 2.21. The molecule has 0 atom stereocenters. The largest absolute Gasteiger partial charge is 0.383 e. The number of aromatic nitrogens is 3. The van der Waals surface area contributed by atoms with Gasteiger partial charge in [-0.3, -0.25) is 4.98 Å². The molecule has 0 radical (unpaired) electrons. The maximum atomic E-state index is 6.49. The Hall–Kier alpha value is -3.86. The third kappa shape index (κ3) is 3.50. The number of hydrogen-bond acceptors (Lipinski definition) is 4. The van der Waals surface area contributed by atoms with E-state index in [0.717, 1.165) is 48.0 Å². The number of fused-ring (bicyclic) bond motifs is 2. The topological polar surface area (TPSA) is 60.0 Å². The summed E-state index contributed by atoms with van der Waals surface area (Å²) in [6.45, 7) is 2.09. The van der Waals surface area contributed by atoms with Crippen molar-refractivity contribution in [1.82, 2.24) is 14.5 Å². The molecule has 0 spiro atoms. The molecule has 4 heterocycles. The van der Waals surface area contributed by atoms with Crippen LogP contribution in [0.2, 0.25) is 0 Å². The Morgan fingerprint density at radius 3 is 2.52 bits per heavy atom. The summed E-state index contributed by atoms with van der Waals surface area (Å²) >= 11 is 0. The van der Waals surface area contributed by atoms with Crippen LogP contribution in [0.25, 0.3) is 32.9 Å². The summed E-state index contributed by atoms with van der Waals surface area (Å²) in [5.41, 5.74) is 13.4. The molecule has 0 aliphatic carbocycles. The highest BCUT2D eigenvalue weighted by molar-refractivity contribution is 6.01. The van der Waals surface area contributed by atoms with Gasteiger partial charge in [-0.2, -0.15) is 0 Å². The van der Waals surface area contributed by atoms with E-state index in [1.54, 1.807) is 0 Å². The predicted molar refractivity (Wildman–Crippen MR) is 136 cm³/mol. The average Bonchev–Trinajstić information content (AvgIpc) is 3.20. The summed E-state index contributed by atoms with van der Waals surface area (Å²) in [5.74, 6) is 1.19. The van der Waals surface area contributed by atoms with Gasteiger partial charge in [-0.15, -0.1) is 0 Å². The third-order valence-corrected chi connectivity index (χ3v) is 7.06. The number of nitrogens with two attached hydrogens (primary N) is 1. The van der Waals surface area contributed by atoms with E-state index >= 15 is 0 Å². The fourth-order valence-corrected chi connectivity index (χ4v) is 5.25. The number of para-hydroxylation sites is 1. The number of aryl methyl sites for hydroxylation is 1. The lowest BCUT2D eigenvalue weighted by molar-refractivity contribution is 0.505. The Bertz CT molecular complexity index is 1450. The third-order valence-electron chi connectivity index (χ3n) is 7.06. The van der Waals surface area contributed by atoms with Gasteiger partial charge in [0.15, 0.2) is 0 Å². The zero-order chi connectivity index (χ0) is 22.4. The van der Waals surface area contributed by atoms with Gasteiger partial charge in [-0.25, -0.2) is 4.98 Å². The molecule has 1 fully saturated rings. The summed E-state index contributed by atoms with van der Waals surface area (Å²) < 4.78 is 2.15. The minimum Gasteiger partial charge on any atom is -0.383 e. The van der Waals surface area contributed by atoms with Crippen LogP contribution < -0.4 is 10.6 Å². The molecule has 5 nitrogen and oxygen atoms in total. The Morgan fingerprint density at radius 1 is 0.909 bits per heavy atom. The van der Waals surface area contributed by atoms with Gasteiger partial charge in [0.1, 0.15) is 5.82 Å². The molecule has 2 aromatic carbocycles. The van der Waals surface area contributed by atoms with E-state index in [1.807, 2.05) is 12.4 Å². The first-order valence-electron chi connectivity index (χ1n) is 11.6. The lowest BCUT2D eigenvalue weighted by atomic mass is 9.90. The van der Waals surface area contributed by atoms with Crippen molar-refractivity contribution in [2.24, 2.45) is 7.05 Å². The molecule has 0 bridgehead atoms. The first kappa shape index (κ1) is 19.8. The van der Waals surface area contributed by atoms with Gasteiger partial charge in [0, 0.05) is 71.8 Å². The van der Waals surface area contributed by atoms with Crippen LogP contribution >= 0.6 is 0 Å². The van der Waals surface area contributed by atoms with Gasteiger partial charge in [0.05, 0.1) is 5.52 Å². The molecule has 33 heavy (non-hydrogen) atoms. The predicted octanol–water partition coefficient (Wildman–Crippen LogP) is 5.75. The van der Waals surface area contributed by atoms with Gasteiger partial charge < -0.3 is 15.2 Å². The van der Waals surface area contributed by atoms with E-state index < -0.39 is 0 Å². The first-order valence-corrected chi connectivity index (χ1v) is 11.6. The van der Waals surface area contributed by atoms with Crippen LogP contribution in [0, 0.1) is 0 Å². The minimum atomic E-state index is 0.576. The van der Waals surface area contributed by atoms with Gasteiger partial charge in [0.2, 0.25) is 0 Å². The molecule has 0 amide bonds. The Kier molecular flexibility index (Phi) is 4.75. The van der Waals surface area contributed by atoms with E-state index in [9.17, 15) is 0 Å². The van der Waals surface area contributed by atoms with Crippen molar-refractivity contribution >= 4 is 33.3 Å². The van der Waals surface area contributed by atoms with Crippen molar-refractivity contribution in [3.63, 3.8) is 0 Å². The second kappa shape index (κ2) is 7.93. The fraction of sp³-hybridized carbons (Fsp3) is 0.214. The molecule has 164 valence electrons. The molecule has 5 aromatic rings. The van der Waals surface area contributed by atoms with Crippen molar-refractivity contribution in [2.45, 2.75) is 18.8 Å². The van der Waals surface area contributed by atoms with Crippen LogP contribution in [0.5, 0.6) is 0 Å². The van der Waals surface area contributed by atoms with Crippen molar-refractivity contribution in [3.05, 3.63) is 84.8 Å². The van der Waals surface area contributed by atoms with Crippen LogP contribution in [-0.4, -0.2) is 27.6 Å². The van der Waals surface area contributed by atoms with Gasteiger partial charge in [-0.05, 0) is 60.7 Å². The van der Waals surface area contributed by atoms with Gasteiger partial charge in [0.25, 0.3) is 0 Å². The maximum Gasteiger partial charge on any atom is 0.132 e. The van der Waals surface area contributed by atoms with Crippen LogP contribution in [0.1, 0.15) is 24.3 Å². The molecular formula is C28H27N5. The molecule has 1 aliphatic heterocycles. The summed E-state index contributed by atoms with van der Waals surface area (Å²) in [6, 6.07) is 21.5. The van der Waals surface area contributed by atoms with Crippen molar-refractivity contribution in [2.75, 3.05) is 23.7 Å². The summed E-state index contributed by atoms with van der Waals surface area (Å²) in [7, 11) is 2.07. The van der Waals surface area contributed by atoms with Crippen LogP contribution in [0.15, 0.2) is 79.3 Å². The zero-order valence-electron chi connectivity index (χ0n) is 18.8.